The number of aromatic nitrogens is 3. The first-order valence-corrected chi connectivity index (χ1v) is 4.12. The maximum absolute atomic E-state index is 10.3. The van der Waals surface area contributed by atoms with Crippen LogP contribution in [0, 0.1) is 10.1 Å². The lowest BCUT2D eigenvalue weighted by atomic mass is 10.5. The molecule has 6 nitrogen and oxygen atoms in total. The van der Waals surface area contributed by atoms with Crippen LogP contribution in [0.2, 0.25) is 0 Å². The second-order valence-electron chi connectivity index (χ2n) is 2.32. The van der Waals surface area contributed by atoms with Gasteiger partial charge >= 0.3 is 5.95 Å². The van der Waals surface area contributed by atoms with Crippen LogP contribution in [0.4, 0.5) is 5.95 Å². The van der Waals surface area contributed by atoms with Gasteiger partial charge < -0.3 is 10.1 Å². The minimum absolute atomic E-state index is 0.391. The zero-order valence-corrected chi connectivity index (χ0v) is 7.80. The van der Waals surface area contributed by atoms with Gasteiger partial charge in [0.05, 0.1) is 6.20 Å². The summed E-state index contributed by atoms with van der Waals surface area (Å²) in [5, 5.41) is 14.0. The third-order valence-electron chi connectivity index (χ3n) is 1.45. The van der Waals surface area contributed by atoms with Crippen molar-refractivity contribution < 1.29 is 4.92 Å². The van der Waals surface area contributed by atoms with Crippen molar-refractivity contribution >= 4 is 27.5 Å². The lowest BCUT2D eigenvalue weighted by Gasteiger charge is -1.85. The summed E-state index contributed by atoms with van der Waals surface area (Å²) in [5.74, 6) is -0.391. The molecule has 0 saturated heterocycles. The van der Waals surface area contributed by atoms with Crippen molar-refractivity contribution in [3.63, 3.8) is 0 Å². The molecule has 0 atom stereocenters. The Morgan fingerprint density at radius 3 is 3.00 bits per heavy atom. The molecule has 0 amide bonds. The van der Waals surface area contributed by atoms with Gasteiger partial charge in [-0.1, -0.05) is 0 Å². The van der Waals surface area contributed by atoms with Gasteiger partial charge in [0.15, 0.2) is 0 Å². The van der Waals surface area contributed by atoms with Crippen LogP contribution in [0.5, 0.6) is 0 Å². The zero-order chi connectivity index (χ0) is 9.42. The first kappa shape index (κ1) is 8.11. The minimum atomic E-state index is -0.624. The van der Waals surface area contributed by atoms with Gasteiger partial charge in [-0.15, -0.1) is 4.52 Å². The highest BCUT2D eigenvalue weighted by molar-refractivity contribution is 9.10. The van der Waals surface area contributed by atoms with Gasteiger partial charge in [0.25, 0.3) is 0 Å². The summed E-state index contributed by atoms with van der Waals surface area (Å²) in [6.07, 6.45) is 1.61. The molecule has 0 unspecified atom stereocenters. The van der Waals surface area contributed by atoms with Crippen molar-refractivity contribution in [2.45, 2.75) is 0 Å². The average Bonchev–Trinajstić information content (AvgIpc) is 2.46. The molecule has 0 N–H and O–H groups in total. The molecule has 0 aliphatic rings. The number of nitro groups is 1. The van der Waals surface area contributed by atoms with E-state index in [1.165, 1.54) is 4.52 Å². The Labute approximate surface area is 80.5 Å². The highest BCUT2D eigenvalue weighted by Crippen LogP contribution is 2.12. The summed E-state index contributed by atoms with van der Waals surface area (Å²) in [5.41, 5.74) is 0.454. The van der Waals surface area contributed by atoms with E-state index in [4.69, 9.17) is 0 Å². The molecule has 13 heavy (non-hydrogen) atoms. The second-order valence-corrected chi connectivity index (χ2v) is 3.23. The molecule has 2 aromatic rings. The van der Waals surface area contributed by atoms with Crippen LogP contribution >= 0.6 is 15.9 Å². The van der Waals surface area contributed by atoms with E-state index in [2.05, 4.69) is 26.0 Å². The smallest absolute Gasteiger partial charge is 0.390 e. The molecule has 7 heteroatoms. The third kappa shape index (κ3) is 1.37. The quantitative estimate of drug-likeness (QED) is 0.560. The Morgan fingerprint density at radius 2 is 2.31 bits per heavy atom. The number of nitrogens with zero attached hydrogens (tertiary/aromatic N) is 4. The molecule has 2 heterocycles. The summed E-state index contributed by atoms with van der Waals surface area (Å²) in [7, 11) is 0. The van der Waals surface area contributed by atoms with E-state index in [0.717, 1.165) is 4.47 Å². The number of fused-ring (bicyclic) bond motifs is 1. The van der Waals surface area contributed by atoms with Crippen molar-refractivity contribution in [1.82, 2.24) is 14.6 Å². The number of halogens is 1. The molecule has 66 valence electrons. The van der Waals surface area contributed by atoms with E-state index >= 15 is 0 Å². The van der Waals surface area contributed by atoms with Crippen LogP contribution in [-0.2, 0) is 0 Å². The molecule has 0 spiro atoms. The summed E-state index contributed by atoms with van der Waals surface area (Å²) in [6.45, 7) is 0. The van der Waals surface area contributed by atoms with Gasteiger partial charge in [-0.2, -0.15) is 0 Å². The Hall–Kier alpha value is -1.50. The van der Waals surface area contributed by atoms with Crippen molar-refractivity contribution in [3.05, 3.63) is 32.9 Å². The van der Waals surface area contributed by atoms with E-state index < -0.39 is 10.9 Å². The van der Waals surface area contributed by atoms with Crippen LogP contribution in [0.3, 0.4) is 0 Å². The number of rotatable bonds is 1. The van der Waals surface area contributed by atoms with Crippen LogP contribution in [0.1, 0.15) is 0 Å². The van der Waals surface area contributed by atoms with E-state index in [9.17, 15) is 10.1 Å². The first-order valence-electron chi connectivity index (χ1n) is 3.33. The fourth-order valence-corrected chi connectivity index (χ4v) is 1.25. The van der Waals surface area contributed by atoms with Crippen molar-refractivity contribution in [1.29, 1.82) is 0 Å². The lowest BCUT2D eigenvalue weighted by Crippen LogP contribution is -1.90. The Bertz CT molecular complexity index is 480. The standard InChI is InChI=1S/C6H3BrN4O2/c7-4-1-2-5-8-6(11(12)13)9-10(5)3-4/h1-3H. The minimum Gasteiger partial charge on any atom is -0.390 e. The fourth-order valence-electron chi connectivity index (χ4n) is 0.924. The van der Waals surface area contributed by atoms with Gasteiger partial charge in [0.2, 0.25) is 5.65 Å². The molecular formula is C6H3BrN4O2. The highest BCUT2D eigenvalue weighted by Gasteiger charge is 2.14. The number of hydrogen-bond donors (Lipinski definition) is 0. The van der Waals surface area contributed by atoms with E-state index in [0.29, 0.717) is 5.65 Å². The summed E-state index contributed by atoms with van der Waals surface area (Å²) >= 11 is 3.22. The highest BCUT2D eigenvalue weighted by atomic mass is 79.9. The van der Waals surface area contributed by atoms with Gasteiger partial charge in [-0.25, -0.2) is 0 Å². The average molecular weight is 243 g/mol. The van der Waals surface area contributed by atoms with Crippen molar-refractivity contribution in [2.24, 2.45) is 0 Å². The SMILES string of the molecule is O=[N+]([O-])c1nc2ccc(Br)cn2n1. The monoisotopic (exact) mass is 242 g/mol. The normalized spacial score (nSPS) is 10.5. The summed E-state index contributed by atoms with van der Waals surface area (Å²) in [4.78, 5) is 13.4. The topological polar surface area (TPSA) is 73.3 Å². The maximum atomic E-state index is 10.3. The van der Waals surface area contributed by atoms with Crippen LogP contribution < -0.4 is 0 Å². The molecule has 2 rings (SSSR count). The fraction of sp³-hybridized carbons (Fsp3) is 0. The molecule has 0 saturated carbocycles. The first-order chi connectivity index (χ1) is 6.16. The predicted octanol–water partition coefficient (Wildman–Crippen LogP) is 1.40. The van der Waals surface area contributed by atoms with Gasteiger partial charge in [0.1, 0.15) is 0 Å². The van der Waals surface area contributed by atoms with Gasteiger partial charge in [0, 0.05) is 15.6 Å². The largest absolute Gasteiger partial charge is 0.491 e. The second kappa shape index (κ2) is 2.77. The molecule has 0 aliphatic carbocycles. The molecule has 0 aliphatic heterocycles. The van der Waals surface area contributed by atoms with Gasteiger partial charge in [-0.05, 0) is 31.9 Å². The number of hydrogen-bond acceptors (Lipinski definition) is 4. The molecule has 2 aromatic heterocycles. The molecular weight excluding hydrogens is 240 g/mol. The van der Waals surface area contributed by atoms with Gasteiger partial charge in [-0.3, -0.25) is 0 Å². The summed E-state index contributed by atoms with van der Waals surface area (Å²) < 4.78 is 2.14. The van der Waals surface area contributed by atoms with Crippen molar-refractivity contribution in [2.75, 3.05) is 0 Å². The summed E-state index contributed by atoms with van der Waals surface area (Å²) in [6, 6.07) is 3.39. The zero-order valence-electron chi connectivity index (χ0n) is 6.22. The lowest BCUT2D eigenvalue weighted by molar-refractivity contribution is -0.394. The molecule has 0 radical (unpaired) electrons. The maximum Gasteiger partial charge on any atom is 0.491 e. The van der Waals surface area contributed by atoms with E-state index in [1.54, 1.807) is 18.3 Å². The van der Waals surface area contributed by atoms with Crippen LogP contribution in [-0.4, -0.2) is 19.5 Å². The molecule has 0 fully saturated rings. The van der Waals surface area contributed by atoms with E-state index in [1.807, 2.05) is 0 Å². The molecule has 0 bridgehead atoms. The Morgan fingerprint density at radius 1 is 1.54 bits per heavy atom. The Kier molecular flexibility index (Phi) is 1.73. The number of pyridine rings is 1. The third-order valence-corrected chi connectivity index (χ3v) is 1.92. The van der Waals surface area contributed by atoms with E-state index in [-0.39, 0.29) is 0 Å². The molecule has 0 aromatic carbocycles. The van der Waals surface area contributed by atoms with Crippen LogP contribution in [0.25, 0.3) is 5.65 Å². The van der Waals surface area contributed by atoms with Crippen molar-refractivity contribution in [3.8, 4) is 0 Å². The predicted molar refractivity (Wildman–Crippen MR) is 47.3 cm³/mol. The van der Waals surface area contributed by atoms with Crippen LogP contribution in [0.15, 0.2) is 22.8 Å². The Balaban J connectivity index is 2.68.